The predicted molar refractivity (Wildman–Crippen MR) is 96.4 cm³/mol. The minimum absolute atomic E-state index is 0.333. The Morgan fingerprint density at radius 2 is 2.00 bits per heavy atom. The molecule has 0 aromatic rings. The fourth-order valence-electron chi connectivity index (χ4n) is 1.21. The third kappa shape index (κ3) is 9.76. The van der Waals surface area contributed by atoms with Crippen molar-refractivity contribution in [3.63, 3.8) is 0 Å². The monoisotopic (exact) mass is 309 g/mol. The summed E-state index contributed by atoms with van der Waals surface area (Å²) in [7, 11) is 0.480. The van der Waals surface area contributed by atoms with Gasteiger partial charge in [-0.2, -0.15) is 5.10 Å². The lowest BCUT2D eigenvalue weighted by molar-refractivity contribution is 0.491. The first kappa shape index (κ1) is 18.9. The fraction of sp³-hybridized carbons (Fsp3) is 0.533. The minimum Gasteiger partial charge on any atom is -0.382 e. The summed E-state index contributed by atoms with van der Waals surface area (Å²) in [4.78, 5) is 0. The van der Waals surface area contributed by atoms with Crippen LogP contribution < -0.4 is 5.32 Å². The molecule has 0 aliphatic rings. The molecule has 0 saturated carbocycles. The van der Waals surface area contributed by atoms with Gasteiger partial charge < -0.3 is 5.32 Å². The van der Waals surface area contributed by atoms with Crippen LogP contribution in [-0.4, -0.2) is 38.0 Å². The summed E-state index contributed by atoms with van der Waals surface area (Å²) < 4.78 is 0. The Labute approximate surface area is 129 Å². The molecule has 0 amide bonds. The standard InChI is InChI=1S/C15H27N3SSi/c1-13(2)17-14(3)15(9-10-20(6,7)8)11-18(4)16-12-19-5/h11-13,17H,3H2,1-2,4-8H3/b15-11-,16-12-. The molecule has 0 atom stereocenters. The number of hydrogen-bond acceptors (Lipinski definition) is 4. The number of allylic oxidation sites excluding steroid dienone is 1. The van der Waals surface area contributed by atoms with Gasteiger partial charge in [0.05, 0.1) is 11.1 Å². The summed E-state index contributed by atoms with van der Waals surface area (Å²) in [5, 5.41) is 9.33. The summed E-state index contributed by atoms with van der Waals surface area (Å²) >= 11 is 1.56. The Morgan fingerprint density at radius 1 is 1.40 bits per heavy atom. The molecule has 0 bridgehead atoms. The molecule has 20 heavy (non-hydrogen) atoms. The van der Waals surface area contributed by atoms with Gasteiger partial charge in [-0.3, -0.25) is 5.01 Å². The van der Waals surface area contributed by atoms with Crippen LogP contribution in [0.3, 0.4) is 0 Å². The van der Waals surface area contributed by atoms with E-state index in [4.69, 9.17) is 0 Å². The van der Waals surface area contributed by atoms with E-state index < -0.39 is 8.07 Å². The number of nitrogens with one attached hydrogen (secondary N) is 1. The Morgan fingerprint density at radius 3 is 2.45 bits per heavy atom. The molecule has 5 heteroatoms. The quantitative estimate of drug-likeness (QED) is 0.203. The maximum atomic E-state index is 4.26. The van der Waals surface area contributed by atoms with Crippen LogP contribution in [-0.2, 0) is 0 Å². The topological polar surface area (TPSA) is 27.6 Å². The van der Waals surface area contributed by atoms with Crippen LogP contribution in [0.15, 0.2) is 29.2 Å². The summed E-state index contributed by atoms with van der Waals surface area (Å²) in [6.07, 6.45) is 3.89. The lowest BCUT2D eigenvalue weighted by atomic mass is 10.2. The highest BCUT2D eigenvalue weighted by molar-refractivity contribution is 8.11. The summed E-state index contributed by atoms with van der Waals surface area (Å²) in [5.74, 6) is 3.26. The third-order valence-electron chi connectivity index (χ3n) is 2.01. The molecule has 0 aromatic heterocycles. The Bertz CT molecular complexity index is 436. The molecule has 0 fully saturated rings. The van der Waals surface area contributed by atoms with Crippen molar-refractivity contribution < 1.29 is 0 Å². The minimum atomic E-state index is -1.41. The first-order valence-corrected chi connectivity index (χ1v) is 11.4. The van der Waals surface area contributed by atoms with E-state index in [0.717, 1.165) is 11.3 Å². The second-order valence-corrected chi connectivity index (χ2v) is 11.3. The van der Waals surface area contributed by atoms with Crippen LogP contribution in [0.5, 0.6) is 0 Å². The average molecular weight is 310 g/mol. The van der Waals surface area contributed by atoms with Gasteiger partial charge in [-0.25, -0.2) is 0 Å². The SMILES string of the molecule is C=C(NC(C)C)/C(C#C[Si](C)(C)C)=C\N(C)/N=C\SC. The third-order valence-corrected chi connectivity index (χ3v) is 3.19. The number of thioether (sulfide) groups is 1. The van der Waals surface area contributed by atoms with Gasteiger partial charge in [0.2, 0.25) is 0 Å². The first-order chi connectivity index (χ1) is 9.15. The van der Waals surface area contributed by atoms with Crippen molar-refractivity contribution in [1.29, 1.82) is 0 Å². The average Bonchev–Trinajstić information content (AvgIpc) is 2.29. The zero-order valence-corrected chi connectivity index (χ0v) is 15.6. The molecule has 0 saturated heterocycles. The van der Waals surface area contributed by atoms with Gasteiger partial charge in [-0.15, -0.1) is 17.3 Å². The Hall–Kier alpha value is -1.12. The highest BCUT2D eigenvalue weighted by Gasteiger charge is 2.09. The molecule has 0 rings (SSSR count). The molecule has 112 valence electrons. The van der Waals surface area contributed by atoms with Crippen LogP contribution in [0.1, 0.15) is 13.8 Å². The van der Waals surface area contributed by atoms with Gasteiger partial charge in [-0.05, 0) is 20.1 Å². The molecule has 0 aliphatic carbocycles. The van der Waals surface area contributed by atoms with Crippen LogP contribution in [0.4, 0.5) is 0 Å². The molecule has 3 nitrogen and oxygen atoms in total. The maximum Gasteiger partial charge on any atom is 0.129 e. The fourth-order valence-corrected chi connectivity index (χ4v) is 1.96. The highest BCUT2D eigenvalue weighted by Crippen LogP contribution is 2.08. The van der Waals surface area contributed by atoms with Crippen molar-refractivity contribution in [3.8, 4) is 11.5 Å². The van der Waals surface area contributed by atoms with E-state index in [9.17, 15) is 0 Å². The second kappa shape index (κ2) is 8.93. The van der Waals surface area contributed by atoms with E-state index in [0.29, 0.717) is 6.04 Å². The van der Waals surface area contributed by atoms with E-state index >= 15 is 0 Å². The molecule has 0 unspecified atom stereocenters. The van der Waals surface area contributed by atoms with Crippen LogP contribution in [0.25, 0.3) is 0 Å². The number of rotatable bonds is 6. The van der Waals surface area contributed by atoms with Gasteiger partial charge in [0.1, 0.15) is 8.07 Å². The van der Waals surface area contributed by atoms with Crippen molar-refractivity contribution in [3.05, 3.63) is 24.0 Å². The predicted octanol–water partition coefficient (Wildman–Crippen LogP) is 3.50. The molecule has 1 N–H and O–H groups in total. The lowest BCUT2D eigenvalue weighted by Crippen LogP contribution is -2.23. The largest absolute Gasteiger partial charge is 0.382 e. The van der Waals surface area contributed by atoms with Crippen LogP contribution >= 0.6 is 11.8 Å². The van der Waals surface area contributed by atoms with Crippen molar-refractivity contribution in [2.45, 2.75) is 39.5 Å². The van der Waals surface area contributed by atoms with Gasteiger partial charge in [-0.1, -0.05) is 32.1 Å². The van der Waals surface area contributed by atoms with Crippen molar-refractivity contribution in [2.75, 3.05) is 13.3 Å². The molecule has 0 spiro atoms. The highest BCUT2D eigenvalue weighted by atomic mass is 32.2. The molecule has 0 heterocycles. The molecule has 0 aromatic carbocycles. The van der Waals surface area contributed by atoms with Gasteiger partial charge >= 0.3 is 0 Å². The Balaban J connectivity index is 5.24. The normalized spacial score (nSPS) is 12.3. The van der Waals surface area contributed by atoms with Crippen molar-refractivity contribution in [2.24, 2.45) is 5.10 Å². The number of nitrogens with zero attached hydrogens (tertiary/aromatic N) is 2. The zero-order chi connectivity index (χ0) is 15.8. The van der Waals surface area contributed by atoms with E-state index in [1.54, 1.807) is 22.3 Å². The molecule has 0 aliphatic heterocycles. The Kier molecular flexibility index (Phi) is 8.43. The van der Waals surface area contributed by atoms with E-state index in [1.807, 2.05) is 19.5 Å². The second-order valence-electron chi connectivity index (χ2n) is 5.85. The summed E-state index contributed by atoms with van der Waals surface area (Å²) in [6.45, 7) is 14.9. The number of hydrogen-bond donors (Lipinski definition) is 1. The van der Waals surface area contributed by atoms with E-state index in [2.05, 4.69) is 61.9 Å². The lowest BCUT2D eigenvalue weighted by Gasteiger charge is -2.15. The van der Waals surface area contributed by atoms with E-state index in [1.165, 1.54) is 0 Å². The van der Waals surface area contributed by atoms with Crippen LogP contribution in [0, 0.1) is 11.5 Å². The summed E-state index contributed by atoms with van der Waals surface area (Å²) in [5.41, 5.74) is 6.90. The van der Waals surface area contributed by atoms with Gasteiger partial charge in [0, 0.05) is 25.0 Å². The first-order valence-electron chi connectivity index (χ1n) is 6.64. The molecule has 0 radical (unpaired) electrons. The van der Waals surface area contributed by atoms with Gasteiger partial charge in [0.15, 0.2) is 0 Å². The van der Waals surface area contributed by atoms with Crippen molar-refractivity contribution in [1.82, 2.24) is 10.3 Å². The van der Waals surface area contributed by atoms with Crippen LogP contribution in [0.2, 0.25) is 19.6 Å². The molecular formula is C15H27N3SSi. The molecular weight excluding hydrogens is 282 g/mol. The maximum absolute atomic E-state index is 4.26. The van der Waals surface area contributed by atoms with Gasteiger partial charge in [0.25, 0.3) is 0 Å². The van der Waals surface area contributed by atoms with Crippen molar-refractivity contribution >= 4 is 25.4 Å². The number of hydrazone groups is 1. The van der Waals surface area contributed by atoms with E-state index in [-0.39, 0.29) is 0 Å². The smallest absolute Gasteiger partial charge is 0.129 e. The zero-order valence-electron chi connectivity index (χ0n) is 13.7. The summed E-state index contributed by atoms with van der Waals surface area (Å²) in [6, 6.07) is 0.333.